The lowest BCUT2D eigenvalue weighted by molar-refractivity contribution is 0.120. The van der Waals surface area contributed by atoms with Gasteiger partial charge in [0.1, 0.15) is 0 Å². The van der Waals surface area contributed by atoms with Gasteiger partial charge in [-0.3, -0.25) is 0 Å². The van der Waals surface area contributed by atoms with Crippen LogP contribution < -0.4 is 5.32 Å². The molecule has 1 unspecified atom stereocenters. The van der Waals surface area contributed by atoms with Gasteiger partial charge in [0.05, 0.1) is 17.3 Å². The minimum atomic E-state index is 0.275. The molecular formula is C20H22N4O. The number of fused-ring (bicyclic) bond motifs is 1. The molecule has 5 heteroatoms. The van der Waals surface area contributed by atoms with Crippen molar-refractivity contribution in [2.24, 2.45) is 0 Å². The predicted molar refractivity (Wildman–Crippen MR) is 99.7 cm³/mol. The average molecular weight is 334 g/mol. The van der Waals surface area contributed by atoms with Crippen LogP contribution in [0, 0.1) is 13.8 Å². The van der Waals surface area contributed by atoms with Crippen LogP contribution in [0.1, 0.15) is 24.0 Å². The Bertz CT molecular complexity index is 886. The molecule has 0 spiro atoms. The Labute approximate surface area is 147 Å². The number of pyridine rings is 1. The molecule has 2 aromatic heterocycles. The molecule has 128 valence electrons. The summed E-state index contributed by atoms with van der Waals surface area (Å²) in [5.74, 6) is 0.632. The third-order valence-corrected chi connectivity index (χ3v) is 4.63. The molecule has 1 saturated heterocycles. The summed E-state index contributed by atoms with van der Waals surface area (Å²) >= 11 is 0. The van der Waals surface area contributed by atoms with Crippen LogP contribution in [0.5, 0.6) is 0 Å². The average Bonchev–Trinajstić information content (AvgIpc) is 3.14. The van der Waals surface area contributed by atoms with E-state index in [1.54, 1.807) is 0 Å². The molecule has 1 fully saturated rings. The zero-order valence-electron chi connectivity index (χ0n) is 14.6. The lowest BCUT2D eigenvalue weighted by atomic mass is 10.0. The first-order valence-electron chi connectivity index (χ1n) is 8.75. The minimum Gasteiger partial charge on any atom is -0.376 e. The van der Waals surface area contributed by atoms with Crippen molar-refractivity contribution in [1.82, 2.24) is 15.0 Å². The van der Waals surface area contributed by atoms with Crippen molar-refractivity contribution in [2.45, 2.75) is 32.8 Å². The maximum Gasteiger partial charge on any atom is 0.222 e. The summed E-state index contributed by atoms with van der Waals surface area (Å²) in [5, 5.41) is 4.44. The van der Waals surface area contributed by atoms with Crippen molar-refractivity contribution in [3.05, 3.63) is 47.8 Å². The minimum absolute atomic E-state index is 0.275. The fourth-order valence-corrected chi connectivity index (χ4v) is 3.22. The molecule has 0 amide bonds. The highest BCUT2D eigenvalue weighted by Gasteiger charge is 2.15. The largest absolute Gasteiger partial charge is 0.376 e. The van der Waals surface area contributed by atoms with E-state index < -0.39 is 0 Å². The number of nitrogens with one attached hydrogen (secondary N) is 1. The second-order valence-corrected chi connectivity index (χ2v) is 6.66. The van der Waals surface area contributed by atoms with Crippen LogP contribution in [0.25, 0.3) is 22.2 Å². The lowest BCUT2D eigenvalue weighted by Crippen LogP contribution is -2.19. The van der Waals surface area contributed by atoms with Crippen molar-refractivity contribution in [3.63, 3.8) is 0 Å². The molecule has 1 aliphatic heterocycles. The smallest absolute Gasteiger partial charge is 0.222 e. The number of hydrogen-bond acceptors (Lipinski definition) is 5. The number of ether oxygens (including phenoxy) is 1. The van der Waals surface area contributed by atoms with Crippen LogP contribution in [0.4, 0.5) is 5.95 Å². The van der Waals surface area contributed by atoms with E-state index in [2.05, 4.69) is 53.4 Å². The summed E-state index contributed by atoms with van der Waals surface area (Å²) in [6, 6.07) is 8.43. The van der Waals surface area contributed by atoms with Crippen LogP contribution in [-0.2, 0) is 4.74 Å². The third kappa shape index (κ3) is 3.46. The summed E-state index contributed by atoms with van der Waals surface area (Å²) in [6.45, 7) is 5.83. The Morgan fingerprint density at radius 1 is 1.16 bits per heavy atom. The van der Waals surface area contributed by atoms with E-state index in [0.29, 0.717) is 5.95 Å². The second kappa shape index (κ2) is 6.76. The highest BCUT2D eigenvalue weighted by Crippen LogP contribution is 2.24. The van der Waals surface area contributed by atoms with Gasteiger partial charge in [0.15, 0.2) is 0 Å². The van der Waals surface area contributed by atoms with Gasteiger partial charge in [-0.1, -0.05) is 11.6 Å². The van der Waals surface area contributed by atoms with Gasteiger partial charge < -0.3 is 10.1 Å². The highest BCUT2D eigenvalue weighted by molar-refractivity contribution is 5.85. The van der Waals surface area contributed by atoms with Crippen LogP contribution in [0.3, 0.4) is 0 Å². The first-order chi connectivity index (χ1) is 12.2. The van der Waals surface area contributed by atoms with E-state index in [-0.39, 0.29) is 6.10 Å². The van der Waals surface area contributed by atoms with Gasteiger partial charge in [0.2, 0.25) is 5.95 Å². The number of rotatable bonds is 4. The zero-order chi connectivity index (χ0) is 17.2. The monoisotopic (exact) mass is 334 g/mol. The van der Waals surface area contributed by atoms with Crippen molar-refractivity contribution in [3.8, 4) is 11.3 Å². The van der Waals surface area contributed by atoms with Gasteiger partial charge in [-0.2, -0.15) is 0 Å². The molecule has 0 bridgehead atoms. The second-order valence-electron chi connectivity index (χ2n) is 6.66. The number of aromatic nitrogens is 3. The summed E-state index contributed by atoms with van der Waals surface area (Å²) < 4.78 is 5.60. The van der Waals surface area contributed by atoms with Crippen LogP contribution in [0.15, 0.2) is 36.7 Å². The molecule has 0 saturated carbocycles. The summed E-state index contributed by atoms with van der Waals surface area (Å²) in [6.07, 6.45) is 6.17. The van der Waals surface area contributed by atoms with E-state index in [1.165, 1.54) is 16.5 Å². The number of benzene rings is 1. The molecule has 3 aromatic rings. The van der Waals surface area contributed by atoms with E-state index in [0.717, 1.165) is 42.8 Å². The lowest BCUT2D eigenvalue weighted by Gasteiger charge is -2.11. The van der Waals surface area contributed by atoms with Crippen molar-refractivity contribution >= 4 is 16.9 Å². The van der Waals surface area contributed by atoms with Crippen molar-refractivity contribution < 1.29 is 4.74 Å². The quantitative estimate of drug-likeness (QED) is 0.784. The number of hydrogen-bond donors (Lipinski definition) is 1. The molecule has 4 rings (SSSR count). The molecule has 3 heterocycles. The fraction of sp³-hybridized carbons (Fsp3) is 0.350. The van der Waals surface area contributed by atoms with Gasteiger partial charge >= 0.3 is 0 Å². The number of anilines is 1. The van der Waals surface area contributed by atoms with Gasteiger partial charge in [-0.05, 0) is 50.5 Å². The summed E-state index contributed by atoms with van der Waals surface area (Å²) in [7, 11) is 0. The molecule has 1 aromatic carbocycles. The van der Waals surface area contributed by atoms with Crippen LogP contribution >= 0.6 is 0 Å². The molecule has 0 aliphatic carbocycles. The Balaban J connectivity index is 1.55. The zero-order valence-corrected chi connectivity index (χ0v) is 14.6. The normalized spacial score (nSPS) is 17.1. The molecule has 1 N–H and O–H groups in total. The molecule has 25 heavy (non-hydrogen) atoms. The third-order valence-electron chi connectivity index (χ3n) is 4.63. The Morgan fingerprint density at radius 3 is 2.76 bits per heavy atom. The Kier molecular flexibility index (Phi) is 4.32. The summed E-state index contributed by atoms with van der Waals surface area (Å²) in [4.78, 5) is 13.6. The summed E-state index contributed by atoms with van der Waals surface area (Å²) in [5.41, 5.74) is 5.29. The van der Waals surface area contributed by atoms with E-state index in [4.69, 9.17) is 9.72 Å². The van der Waals surface area contributed by atoms with Crippen molar-refractivity contribution in [2.75, 3.05) is 18.5 Å². The highest BCUT2D eigenvalue weighted by atomic mass is 16.5. The maximum absolute atomic E-state index is 5.60. The molecule has 5 nitrogen and oxygen atoms in total. The first-order valence-corrected chi connectivity index (χ1v) is 8.75. The topological polar surface area (TPSA) is 59.9 Å². The molecule has 1 aliphatic rings. The molecule has 0 radical (unpaired) electrons. The molecule has 1 atom stereocenters. The SMILES string of the molecule is Cc1ccc2nc(-c3cnc(NCC4CCCO4)nc3)cc(C)c2c1. The van der Waals surface area contributed by atoms with Gasteiger partial charge in [-0.15, -0.1) is 0 Å². The maximum atomic E-state index is 5.60. The van der Waals surface area contributed by atoms with Crippen molar-refractivity contribution in [1.29, 1.82) is 0 Å². The standard InChI is InChI=1S/C20H22N4O/c1-13-5-6-18-17(8-13)14(2)9-19(24-18)15-10-21-20(22-11-15)23-12-16-4-3-7-25-16/h5-6,8-11,16H,3-4,7,12H2,1-2H3,(H,21,22,23). The Hall–Kier alpha value is -2.53. The molecular weight excluding hydrogens is 312 g/mol. The predicted octanol–water partition coefficient (Wildman–Crippen LogP) is 3.90. The van der Waals surface area contributed by atoms with Crippen LogP contribution in [-0.4, -0.2) is 34.2 Å². The van der Waals surface area contributed by atoms with E-state index in [9.17, 15) is 0 Å². The number of nitrogens with zero attached hydrogens (tertiary/aromatic N) is 3. The van der Waals surface area contributed by atoms with Gasteiger partial charge in [-0.25, -0.2) is 15.0 Å². The first kappa shape index (κ1) is 16.0. The Morgan fingerprint density at radius 2 is 2.00 bits per heavy atom. The van der Waals surface area contributed by atoms with Gasteiger partial charge in [0, 0.05) is 36.5 Å². The number of aryl methyl sites for hydroxylation is 2. The van der Waals surface area contributed by atoms with E-state index >= 15 is 0 Å². The fourth-order valence-electron chi connectivity index (χ4n) is 3.22. The van der Waals surface area contributed by atoms with Gasteiger partial charge in [0.25, 0.3) is 0 Å². The van der Waals surface area contributed by atoms with E-state index in [1.807, 2.05) is 12.4 Å². The van der Waals surface area contributed by atoms with Crippen LogP contribution in [0.2, 0.25) is 0 Å².